The number of rotatable bonds is 3. The van der Waals surface area contributed by atoms with E-state index in [1.165, 1.54) is 18.6 Å². The van der Waals surface area contributed by atoms with Gasteiger partial charge in [-0.2, -0.15) is 0 Å². The van der Waals surface area contributed by atoms with Gasteiger partial charge in [-0.25, -0.2) is 23.9 Å². The van der Waals surface area contributed by atoms with Crippen molar-refractivity contribution in [1.82, 2.24) is 19.3 Å². The van der Waals surface area contributed by atoms with E-state index in [4.69, 9.17) is 0 Å². The minimum atomic E-state index is -4.47. The van der Waals surface area contributed by atoms with Crippen LogP contribution in [0.25, 0.3) is 11.2 Å². The summed E-state index contributed by atoms with van der Waals surface area (Å²) in [6.07, 6.45) is 4.39. The molecule has 0 spiro atoms. The van der Waals surface area contributed by atoms with Crippen LogP contribution in [0.3, 0.4) is 0 Å². The standard InChI is InChI=1S/C8H9N4O3P/c1-2-3-7-11-6-4-9-5-10-8(6)12(7)16(13,14)15/h2,4-5H,1,3H2,(H2,13,14,15). The van der Waals surface area contributed by atoms with Crippen LogP contribution in [0.5, 0.6) is 0 Å². The Morgan fingerprint density at radius 1 is 1.56 bits per heavy atom. The third-order valence-corrected chi connectivity index (χ3v) is 2.90. The third kappa shape index (κ3) is 1.76. The summed E-state index contributed by atoms with van der Waals surface area (Å²) in [5.74, 6) is 0.221. The van der Waals surface area contributed by atoms with Crippen molar-refractivity contribution in [3.63, 3.8) is 0 Å². The highest BCUT2D eigenvalue weighted by atomic mass is 31.2. The van der Waals surface area contributed by atoms with Crippen LogP contribution in [0.2, 0.25) is 0 Å². The highest BCUT2D eigenvalue weighted by Gasteiger charge is 2.24. The number of imidazole rings is 1. The average molecular weight is 240 g/mol. The van der Waals surface area contributed by atoms with Crippen LogP contribution in [0.15, 0.2) is 25.2 Å². The molecule has 2 aromatic heterocycles. The molecule has 2 rings (SSSR count). The van der Waals surface area contributed by atoms with Gasteiger partial charge in [-0.05, 0) is 0 Å². The zero-order chi connectivity index (χ0) is 11.8. The Bertz CT molecular complexity index is 588. The Hall–Kier alpha value is -1.56. The average Bonchev–Trinajstić information content (AvgIpc) is 2.55. The summed E-state index contributed by atoms with van der Waals surface area (Å²) in [7, 11) is -4.47. The molecule has 0 aliphatic rings. The van der Waals surface area contributed by atoms with Crippen molar-refractivity contribution in [3.05, 3.63) is 31.0 Å². The Morgan fingerprint density at radius 2 is 2.31 bits per heavy atom. The second-order valence-electron chi connectivity index (χ2n) is 3.08. The summed E-state index contributed by atoms with van der Waals surface area (Å²) in [4.78, 5) is 30.0. The Labute approximate surface area is 90.7 Å². The lowest BCUT2D eigenvalue weighted by atomic mass is 10.4. The van der Waals surface area contributed by atoms with E-state index in [1.807, 2.05) is 0 Å². The highest BCUT2D eigenvalue weighted by molar-refractivity contribution is 7.50. The Balaban J connectivity index is 2.79. The monoisotopic (exact) mass is 240 g/mol. The lowest BCUT2D eigenvalue weighted by Crippen LogP contribution is -2.01. The summed E-state index contributed by atoms with van der Waals surface area (Å²) in [5, 5.41) is 0. The summed E-state index contributed by atoms with van der Waals surface area (Å²) >= 11 is 0. The molecule has 2 N–H and O–H groups in total. The fraction of sp³-hybridized carbons (Fsp3) is 0.125. The predicted molar refractivity (Wildman–Crippen MR) is 56.7 cm³/mol. The largest absolute Gasteiger partial charge is 0.436 e. The van der Waals surface area contributed by atoms with Gasteiger partial charge in [-0.1, -0.05) is 6.08 Å². The van der Waals surface area contributed by atoms with Crippen LogP contribution in [0.1, 0.15) is 5.82 Å². The molecule has 2 heterocycles. The van der Waals surface area contributed by atoms with Crippen LogP contribution < -0.4 is 0 Å². The molecule has 16 heavy (non-hydrogen) atoms. The van der Waals surface area contributed by atoms with Gasteiger partial charge in [-0.15, -0.1) is 6.58 Å². The maximum atomic E-state index is 11.3. The van der Waals surface area contributed by atoms with Crippen LogP contribution in [0.4, 0.5) is 0 Å². The fourth-order valence-corrected chi connectivity index (χ4v) is 2.23. The molecule has 0 aliphatic heterocycles. The third-order valence-electron chi connectivity index (χ3n) is 1.95. The van der Waals surface area contributed by atoms with Crippen molar-refractivity contribution in [2.45, 2.75) is 6.42 Å². The smallest absolute Gasteiger partial charge is 0.308 e. The fourth-order valence-electron chi connectivity index (χ4n) is 1.40. The molecule has 0 fully saturated rings. The number of fused-ring (bicyclic) bond motifs is 1. The van der Waals surface area contributed by atoms with Crippen molar-refractivity contribution in [1.29, 1.82) is 0 Å². The van der Waals surface area contributed by atoms with E-state index in [1.54, 1.807) is 0 Å². The van der Waals surface area contributed by atoms with Gasteiger partial charge in [0.1, 0.15) is 17.7 Å². The van der Waals surface area contributed by atoms with Gasteiger partial charge in [0, 0.05) is 6.42 Å². The molecule has 0 unspecified atom stereocenters. The van der Waals surface area contributed by atoms with Gasteiger partial charge < -0.3 is 9.79 Å². The molecule has 84 valence electrons. The minimum Gasteiger partial charge on any atom is -0.308 e. The molecular weight excluding hydrogens is 231 g/mol. The van der Waals surface area contributed by atoms with Crippen LogP contribution in [-0.4, -0.2) is 29.1 Å². The molecule has 0 aliphatic carbocycles. The van der Waals surface area contributed by atoms with Crippen molar-refractivity contribution in [3.8, 4) is 0 Å². The lowest BCUT2D eigenvalue weighted by Gasteiger charge is -2.07. The SMILES string of the molecule is C=CCc1nc2cncnc2n1P(=O)(O)O. The zero-order valence-corrected chi connectivity index (χ0v) is 9.08. The molecule has 0 saturated heterocycles. The molecule has 0 saturated carbocycles. The summed E-state index contributed by atoms with van der Waals surface area (Å²) < 4.78 is 12.1. The summed E-state index contributed by atoms with van der Waals surface area (Å²) in [6.45, 7) is 3.51. The topological polar surface area (TPSA) is 101 Å². The van der Waals surface area contributed by atoms with E-state index >= 15 is 0 Å². The zero-order valence-electron chi connectivity index (χ0n) is 8.19. The van der Waals surface area contributed by atoms with Crippen LogP contribution in [-0.2, 0) is 11.0 Å². The van der Waals surface area contributed by atoms with Crippen molar-refractivity contribution in [2.24, 2.45) is 0 Å². The molecule has 0 amide bonds. The van der Waals surface area contributed by atoms with Gasteiger partial charge in [0.05, 0.1) is 6.20 Å². The van der Waals surface area contributed by atoms with Crippen molar-refractivity contribution >= 4 is 18.9 Å². The first-order chi connectivity index (χ1) is 7.54. The van der Waals surface area contributed by atoms with Gasteiger partial charge in [0.15, 0.2) is 5.65 Å². The Kier molecular flexibility index (Phi) is 2.59. The quantitative estimate of drug-likeness (QED) is 0.598. The number of hydrogen-bond donors (Lipinski definition) is 2. The number of hydrogen-bond acceptors (Lipinski definition) is 4. The first-order valence-electron chi connectivity index (χ1n) is 4.38. The molecule has 0 atom stereocenters. The molecule has 7 nitrogen and oxygen atoms in total. The second kappa shape index (κ2) is 3.79. The lowest BCUT2D eigenvalue weighted by molar-refractivity contribution is 0.361. The molecule has 2 aromatic rings. The maximum absolute atomic E-state index is 11.3. The van der Waals surface area contributed by atoms with Gasteiger partial charge >= 0.3 is 7.75 Å². The van der Waals surface area contributed by atoms with E-state index in [2.05, 4.69) is 21.5 Å². The first-order valence-corrected chi connectivity index (χ1v) is 5.95. The second-order valence-corrected chi connectivity index (χ2v) is 4.50. The normalized spacial score (nSPS) is 11.9. The van der Waals surface area contributed by atoms with Gasteiger partial charge in [-0.3, -0.25) is 0 Å². The predicted octanol–water partition coefficient (Wildman–Crippen LogP) is 0.496. The van der Waals surface area contributed by atoms with E-state index in [0.29, 0.717) is 5.52 Å². The number of nitrogens with zero attached hydrogens (tertiary/aromatic N) is 4. The number of allylic oxidation sites excluding steroid dienone is 1. The van der Waals surface area contributed by atoms with Crippen LogP contribution in [0, 0.1) is 0 Å². The van der Waals surface area contributed by atoms with E-state index in [9.17, 15) is 14.4 Å². The van der Waals surface area contributed by atoms with E-state index in [-0.39, 0.29) is 17.9 Å². The molecule has 0 aromatic carbocycles. The molecule has 0 radical (unpaired) electrons. The number of aromatic nitrogens is 4. The first kappa shape index (κ1) is 10.9. The highest BCUT2D eigenvalue weighted by Crippen LogP contribution is 2.40. The van der Waals surface area contributed by atoms with Crippen molar-refractivity contribution in [2.75, 3.05) is 0 Å². The molecule has 0 bridgehead atoms. The van der Waals surface area contributed by atoms with Crippen molar-refractivity contribution < 1.29 is 14.4 Å². The van der Waals surface area contributed by atoms with E-state index < -0.39 is 7.75 Å². The van der Waals surface area contributed by atoms with Gasteiger partial charge in [0.25, 0.3) is 0 Å². The summed E-state index contributed by atoms with van der Waals surface area (Å²) in [5.41, 5.74) is 0.475. The summed E-state index contributed by atoms with van der Waals surface area (Å²) in [6, 6.07) is 0. The van der Waals surface area contributed by atoms with E-state index in [0.717, 1.165) is 4.34 Å². The molecule has 8 heteroatoms. The molecular formula is C8H9N4O3P. The van der Waals surface area contributed by atoms with Gasteiger partial charge in [0.2, 0.25) is 0 Å². The minimum absolute atomic E-state index is 0.125. The van der Waals surface area contributed by atoms with Crippen LogP contribution >= 0.6 is 7.75 Å². The maximum Gasteiger partial charge on any atom is 0.436 e. The Morgan fingerprint density at radius 3 is 2.94 bits per heavy atom.